The predicted octanol–water partition coefficient (Wildman–Crippen LogP) is 2.36. The molecule has 1 atom stereocenters. The molecule has 6 nitrogen and oxygen atoms in total. The third kappa shape index (κ3) is 3.56. The number of carboxylic acids is 1. The molecule has 106 valence electrons. The smallest absolute Gasteiger partial charge is 0.338 e. The molecule has 0 aromatic carbocycles. The maximum absolute atomic E-state index is 11.6. The van der Waals surface area contributed by atoms with Crippen molar-refractivity contribution in [3.05, 3.63) is 39.4 Å². The lowest BCUT2D eigenvalue weighted by molar-refractivity contribution is 0.0698. The van der Waals surface area contributed by atoms with E-state index in [0.29, 0.717) is 0 Å². The molecule has 0 radical (unpaired) electrons. The lowest BCUT2D eigenvalue weighted by atomic mass is 10.2. The Labute approximate surface area is 122 Å². The quantitative estimate of drug-likeness (QED) is 0.681. The van der Waals surface area contributed by atoms with Crippen molar-refractivity contribution in [3.8, 4) is 0 Å². The van der Waals surface area contributed by atoms with Gasteiger partial charge >= 0.3 is 12.0 Å². The number of nitrogens with one attached hydrogen (secondary N) is 2. The summed E-state index contributed by atoms with van der Waals surface area (Å²) >= 11 is 2.58. The normalized spacial score (nSPS) is 11.8. The minimum absolute atomic E-state index is 0.0449. The number of aliphatic hydroxyl groups is 1. The fraction of sp³-hybridized carbons (Fsp3) is 0.167. The van der Waals surface area contributed by atoms with Crippen molar-refractivity contribution in [1.82, 2.24) is 5.32 Å². The Morgan fingerprint density at radius 1 is 1.30 bits per heavy atom. The van der Waals surface area contributed by atoms with Crippen LogP contribution >= 0.6 is 22.7 Å². The number of anilines is 1. The number of amides is 2. The second-order valence-corrected chi connectivity index (χ2v) is 5.57. The van der Waals surface area contributed by atoms with E-state index in [1.807, 2.05) is 5.38 Å². The molecular weight excluding hydrogens is 300 g/mol. The van der Waals surface area contributed by atoms with Gasteiger partial charge in [-0.05, 0) is 33.8 Å². The van der Waals surface area contributed by atoms with Crippen LogP contribution in [0.4, 0.5) is 9.80 Å². The van der Waals surface area contributed by atoms with Crippen molar-refractivity contribution in [3.63, 3.8) is 0 Å². The Morgan fingerprint density at radius 2 is 2.10 bits per heavy atom. The summed E-state index contributed by atoms with van der Waals surface area (Å²) in [6.45, 7) is 0.0519. The summed E-state index contributed by atoms with van der Waals surface area (Å²) < 4.78 is 0. The van der Waals surface area contributed by atoms with Gasteiger partial charge in [-0.1, -0.05) is 0 Å². The van der Waals surface area contributed by atoms with Crippen LogP contribution in [0.1, 0.15) is 22.0 Å². The Morgan fingerprint density at radius 3 is 2.75 bits per heavy atom. The topological polar surface area (TPSA) is 98.7 Å². The lowest BCUT2D eigenvalue weighted by Gasteiger charge is -2.11. The van der Waals surface area contributed by atoms with Gasteiger partial charge in [0.15, 0.2) is 0 Å². The number of carbonyl (C=O) groups is 2. The number of hydrogen-bond acceptors (Lipinski definition) is 5. The Bertz CT molecular complexity index is 594. The van der Waals surface area contributed by atoms with Crippen molar-refractivity contribution < 1.29 is 19.8 Å². The molecular formula is C12H12N2O4S2. The summed E-state index contributed by atoms with van der Waals surface area (Å²) in [7, 11) is 0. The Kier molecular flexibility index (Phi) is 4.72. The van der Waals surface area contributed by atoms with Gasteiger partial charge in [-0.25, -0.2) is 9.59 Å². The highest BCUT2D eigenvalue weighted by Gasteiger charge is 2.15. The molecule has 2 amide bonds. The van der Waals surface area contributed by atoms with Gasteiger partial charge in [0.25, 0.3) is 0 Å². The fourth-order valence-corrected chi connectivity index (χ4v) is 2.97. The summed E-state index contributed by atoms with van der Waals surface area (Å²) in [6.07, 6.45) is -0.783. The third-order valence-electron chi connectivity index (χ3n) is 2.51. The molecule has 0 aliphatic heterocycles. The van der Waals surface area contributed by atoms with E-state index >= 15 is 0 Å². The second-order valence-electron chi connectivity index (χ2n) is 3.88. The zero-order valence-electron chi connectivity index (χ0n) is 10.2. The maximum Gasteiger partial charge on any atom is 0.338 e. The number of carboxylic acid groups (broad SMARTS) is 1. The van der Waals surface area contributed by atoms with E-state index in [0.717, 1.165) is 16.9 Å². The molecule has 1 unspecified atom stereocenters. The molecule has 8 heteroatoms. The van der Waals surface area contributed by atoms with Crippen LogP contribution in [0.15, 0.2) is 28.3 Å². The van der Waals surface area contributed by atoms with Crippen molar-refractivity contribution in [2.24, 2.45) is 0 Å². The summed E-state index contributed by atoms with van der Waals surface area (Å²) in [5, 5.41) is 29.1. The number of aliphatic hydroxyl groups excluding tert-OH is 1. The van der Waals surface area contributed by atoms with Gasteiger partial charge in [0.1, 0.15) is 5.00 Å². The van der Waals surface area contributed by atoms with Gasteiger partial charge in [0.2, 0.25) is 0 Å². The second kappa shape index (κ2) is 6.51. The van der Waals surface area contributed by atoms with Crippen LogP contribution in [0.5, 0.6) is 0 Å². The van der Waals surface area contributed by atoms with Gasteiger partial charge in [-0.3, -0.25) is 5.32 Å². The first-order valence-electron chi connectivity index (χ1n) is 5.63. The minimum Gasteiger partial charge on any atom is -0.478 e. The number of hydrogen-bond donors (Lipinski definition) is 4. The van der Waals surface area contributed by atoms with E-state index in [1.54, 1.807) is 16.8 Å². The molecule has 0 saturated heterocycles. The average molecular weight is 312 g/mol. The molecule has 0 aliphatic carbocycles. The van der Waals surface area contributed by atoms with E-state index in [1.165, 1.54) is 17.4 Å². The van der Waals surface area contributed by atoms with Gasteiger partial charge in [0, 0.05) is 6.54 Å². The van der Waals surface area contributed by atoms with Crippen LogP contribution in [0, 0.1) is 0 Å². The first kappa shape index (κ1) is 14.5. The van der Waals surface area contributed by atoms with Crippen LogP contribution in [0.3, 0.4) is 0 Å². The van der Waals surface area contributed by atoms with Crippen LogP contribution in [0.25, 0.3) is 0 Å². The minimum atomic E-state index is -1.10. The Balaban J connectivity index is 1.87. The average Bonchev–Trinajstić information content (AvgIpc) is 3.06. The zero-order chi connectivity index (χ0) is 14.5. The molecule has 0 bridgehead atoms. The summed E-state index contributed by atoms with van der Waals surface area (Å²) in [5.74, 6) is -1.10. The van der Waals surface area contributed by atoms with E-state index in [4.69, 9.17) is 5.11 Å². The predicted molar refractivity (Wildman–Crippen MR) is 77.6 cm³/mol. The first-order chi connectivity index (χ1) is 9.58. The third-order valence-corrected chi connectivity index (χ3v) is 4.04. The number of aromatic carboxylic acids is 1. The maximum atomic E-state index is 11.6. The van der Waals surface area contributed by atoms with Crippen LogP contribution in [-0.4, -0.2) is 28.8 Å². The van der Waals surface area contributed by atoms with Crippen molar-refractivity contribution in [2.45, 2.75) is 6.10 Å². The molecule has 2 aromatic heterocycles. The summed E-state index contributed by atoms with van der Waals surface area (Å²) in [5.41, 5.74) is 0.779. The van der Waals surface area contributed by atoms with Crippen molar-refractivity contribution in [1.29, 1.82) is 0 Å². The highest BCUT2D eigenvalue weighted by molar-refractivity contribution is 7.14. The molecule has 2 heterocycles. The van der Waals surface area contributed by atoms with E-state index < -0.39 is 18.1 Å². The van der Waals surface area contributed by atoms with Gasteiger partial charge in [-0.2, -0.15) is 11.3 Å². The number of carbonyl (C=O) groups excluding carboxylic acids is 1. The highest BCUT2D eigenvalue weighted by atomic mass is 32.1. The lowest BCUT2D eigenvalue weighted by Crippen LogP contribution is -2.32. The van der Waals surface area contributed by atoms with Crippen LogP contribution in [-0.2, 0) is 0 Å². The van der Waals surface area contributed by atoms with Crippen molar-refractivity contribution >= 4 is 39.7 Å². The van der Waals surface area contributed by atoms with E-state index in [2.05, 4.69) is 10.6 Å². The number of urea groups is 1. The largest absolute Gasteiger partial charge is 0.478 e. The van der Waals surface area contributed by atoms with Gasteiger partial charge < -0.3 is 15.5 Å². The number of thiophene rings is 2. The molecule has 0 saturated carbocycles. The highest BCUT2D eigenvalue weighted by Crippen LogP contribution is 2.23. The zero-order valence-corrected chi connectivity index (χ0v) is 11.8. The Hall–Kier alpha value is -1.90. The molecule has 4 N–H and O–H groups in total. The molecule has 2 rings (SSSR count). The fourth-order valence-electron chi connectivity index (χ4n) is 1.49. The van der Waals surface area contributed by atoms with Gasteiger partial charge in [-0.15, -0.1) is 11.3 Å². The monoisotopic (exact) mass is 312 g/mol. The molecule has 0 fully saturated rings. The van der Waals surface area contributed by atoms with Crippen LogP contribution < -0.4 is 10.6 Å². The SMILES string of the molecule is O=C(NCC(O)c1ccsc1)Nc1sccc1C(=O)O. The summed E-state index contributed by atoms with van der Waals surface area (Å²) in [6, 6.07) is 2.64. The molecule has 2 aromatic rings. The van der Waals surface area contributed by atoms with E-state index in [9.17, 15) is 14.7 Å². The van der Waals surface area contributed by atoms with E-state index in [-0.39, 0.29) is 17.1 Å². The van der Waals surface area contributed by atoms with Crippen molar-refractivity contribution in [2.75, 3.05) is 11.9 Å². The molecule has 0 aliphatic rings. The standard InChI is InChI=1S/C12H12N2O4S2/c15-9(7-1-3-19-6-7)5-13-12(18)14-10-8(11(16)17)2-4-20-10/h1-4,6,9,15H,5H2,(H,16,17)(H2,13,14,18). The van der Waals surface area contributed by atoms with Gasteiger partial charge in [0.05, 0.1) is 11.7 Å². The number of rotatable bonds is 5. The molecule has 20 heavy (non-hydrogen) atoms. The van der Waals surface area contributed by atoms with Crippen LogP contribution in [0.2, 0.25) is 0 Å². The molecule has 0 spiro atoms. The summed E-state index contributed by atoms with van der Waals surface area (Å²) in [4.78, 5) is 22.5. The first-order valence-corrected chi connectivity index (χ1v) is 7.46.